The molecule has 9 heteroatoms. The summed E-state index contributed by atoms with van der Waals surface area (Å²) in [6.07, 6.45) is 0. The van der Waals surface area contributed by atoms with Gasteiger partial charge in [0, 0.05) is 13.1 Å². The first-order chi connectivity index (χ1) is 4.83. The summed E-state index contributed by atoms with van der Waals surface area (Å²) in [5, 5.41) is 0. The average molecular weight is 200 g/mol. The molecule has 0 rings (SSSR count). The zero-order chi connectivity index (χ0) is 9.12. The van der Waals surface area contributed by atoms with E-state index in [1.54, 1.807) is 0 Å². The van der Waals surface area contributed by atoms with Crippen molar-refractivity contribution in [3.05, 3.63) is 0 Å². The van der Waals surface area contributed by atoms with Gasteiger partial charge < -0.3 is 13.7 Å². The molecule has 0 aromatic rings. The van der Waals surface area contributed by atoms with Gasteiger partial charge in [0.25, 0.3) is 0 Å². The number of rotatable bonds is 4. The Hall–Kier alpha value is 0.154. The van der Waals surface area contributed by atoms with Crippen LogP contribution in [-0.2, 0) is 13.2 Å². The van der Waals surface area contributed by atoms with Crippen LogP contribution in [0.15, 0.2) is 0 Å². The van der Waals surface area contributed by atoms with Gasteiger partial charge in [-0.05, 0) is 0 Å². The Morgan fingerprint density at radius 2 is 1.27 bits per heavy atom. The Morgan fingerprint density at radius 1 is 1.00 bits per heavy atom. The van der Waals surface area contributed by atoms with Crippen LogP contribution in [0.25, 0.3) is 0 Å². The molecule has 7 nitrogen and oxygen atoms in total. The van der Waals surface area contributed by atoms with Crippen molar-refractivity contribution in [3.63, 3.8) is 0 Å². The Morgan fingerprint density at radius 3 is 1.45 bits per heavy atom. The van der Waals surface area contributed by atoms with Crippen LogP contribution in [-0.4, -0.2) is 27.2 Å². The summed E-state index contributed by atoms with van der Waals surface area (Å²) in [5.74, 6) is 9.34. The molecule has 0 aliphatic carbocycles. The van der Waals surface area contributed by atoms with Gasteiger partial charge in [0.2, 0.25) is 0 Å². The van der Waals surface area contributed by atoms with Crippen molar-refractivity contribution >= 4 is 17.6 Å². The highest BCUT2D eigenvalue weighted by molar-refractivity contribution is 6.72. The van der Waals surface area contributed by atoms with E-state index in [2.05, 4.69) is 25.0 Å². The molecule has 0 amide bonds. The predicted molar refractivity (Wildman–Crippen MR) is 39.3 cm³/mol. The van der Waals surface area contributed by atoms with Crippen molar-refractivity contribution in [3.8, 4) is 0 Å². The van der Waals surface area contributed by atoms with Gasteiger partial charge in [-0.3, -0.25) is 9.05 Å². The van der Waals surface area contributed by atoms with Gasteiger partial charge in [0.05, 0.1) is 0 Å². The highest BCUT2D eigenvalue weighted by Gasteiger charge is 2.42. The van der Waals surface area contributed by atoms with Gasteiger partial charge in [0.1, 0.15) is 0 Å². The maximum atomic E-state index is 9.10. The van der Waals surface area contributed by atoms with E-state index in [0.717, 1.165) is 0 Å². The van der Waals surface area contributed by atoms with E-state index in [4.69, 9.17) is 9.59 Å². The summed E-state index contributed by atoms with van der Waals surface area (Å²) >= 11 is 0. The fourth-order valence-electron chi connectivity index (χ4n) is 0.399. The third-order valence-corrected chi connectivity index (χ3v) is 4.72. The molecule has 0 aliphatic rings. The molecule has 6 N–H and O–H groups in total. The van der Waals surface area contributed by atoms with E-state index in [9.17, 15) is 0 Å². The van der Waals surface area contributed by atoms with Crippen LogP contribution in [0.4, 0.5) is 0 Å². The summed E-state index contributed by atoms with van der Waals surface area (Å²) in [7, 11) is -6.90. The molecule has 0 saturated heterocycles. The van der Waals surface area contributed by atoms with Crippen LogP contribution >= 0.6 is 0 Å². The minimum absolute atomic E-state index is 1.23. The minimum Gasteiger partial charge on any atom is -0.390 e. The van der Waals surface area contributed by atoms with Crippen molar-refractivity contribution in [1.82, 2.24) is 0 Å². The lowest BCUT2D eigenvalue weighted by atomic mass is 11.9. The molecule has 0 radical (unpaired) electrons. The average Bonchev–Trinajstić information content (AvgIpc) is 1.86. The van der Waals surface area contributed by atoms with Crippen molar-refractivity contribution in [2.45, 2.75) is 13.1 Å². The maximum absolute atomic E-state index is 9.10. The standard InChI is InChI=1S/C2H12N2O5Si2/c1-10(5,7-3)9-11(2,6)8-4/h5-6H,3-4H2,1-2H3. The molecule has 0 aliphatic heterocycles. The molecule has 0 fully saturated rings. The van der Waals surface area contributed by atoms with Crippen LogP contribution in [0.1, 0.15) is 0 Å². The highest BCUT2D eigenvalue weighted by Crippen LogP contribution is 2.07. The molecule has 0 saturated carbocycles. The van der Waals surface area contributed by atoms with E-state index in [1.807, 2.05) is 0 Å². The number of nitrogens with two attached hydrogens (primary N) is 2. The lowest BCUT2D eigenvalue weighted by molar-refractivity contribution is 0.0961. The van der Waals surface area contributed by atoms with Gasteiger partial charge in [-0.15, -0.1) is 0 Å². The van der Waals surface area contributed by atoms with Crippen molar-refractivity contribution in [2.75, 3.05) is 0 Å². The first kappa shape index (κ1) is 11.2. The van der Waals surface area contributed by atoms with Crippen molar-refractivity contribution in [2.24, 2.45) is 11.8 Å². The normalized spacial score (nSPS) is 22.4. The molecular weight excluding hydrogens is 188 g/mol. The fourth-order valence-corrected chi connectivity index (χ4v) is 3.60. The van der Waals surface area contributed by atoms with Crippen LogP contribution in [0.3, 0.4) is 0 Å². The minimum atomic E-state index is -3.45. The molecule has 0 heterocycles. The van der Waals surface area contributed by atoms with E-state index in [0.29, 0.717) is 0 Å². The predicted octanol–water partition coefficient (Wildman–Crippen LogP) is -2.09. The zero-order valence-electron chi connectivity index (χ0n) is 6.27. The molecule has 0 spiro atoms. The fraction of sp³-hybridized carbons (Fsp3) is 1.00. The first-order valence-corrected chi connectivity index (χ1v) is 7.26. The van der Waals surface area contributed by atoms with E-state index < -0.39 is 17.6 Å². The number of hydrogen-bond acceptors (Lipinski definition) is 7. The van der Waals surface area contributed by atoms with Gasteiger partial charge in [0.15, 0.2) is 0 Å². The van der Waals surface area contributed by atoms with Gasteiger partial charge >= 0.3 is 17.6 Å². The maximum Gasteiger partial charge on any atom is 0.504 e. The molecule has 2 atom stereocenters. The monoisotopic (exact) mass is 200 g/mol. The van der Waals surface area contributed by atoms with Crippen LogP contribution in [0.2, 0.25) is 13.1 Å². The Bertz CT molecular complexity index is 116. The van der Waals surface area contributed by atoms with Gasteiger partial charge in [-0.25, -0.2) is 11.8 Å². The van der Waals surface area contributed by atoms with Crippen molar-refractivity contribution < 1.29 is 22.8 Å². The molecule has 0 bridgehead atoms. The van der Waals surface area contributed by atoms with Crippen LogP contribution in [0.5, 0.6) is 0 Å². The smallest absolute Gasteiger partial charge is 0.390 e. The van der Waals surface area contributed by atoms with E-state index in [1.165, 1.54) is 13.1 Å². The molecule has 68 valence electrons. The van der Waals surface area contributed by atoms with Crippen molar-refractivity contribution in [1.29, 1.82) is 0 Å². The second-order valence-corrected chi connectivity index (χ2v) is 7.01. The molecule has 0 aromatic carbocycles. The first-order valence-electron chi connectivity index (χ1n) is 2.74. The molecule has 2 unspecified atom stereocenters. The second-order valence-electron chi connectivity index (χ2n) is 2.13. The zero-order valence-corrected chi connectivity index (χ0v) is 8.27. The third-order valence-electron chi connectivity index (χ3n) is 0.816. The number of hydrogen-bond donors (Lipinski definition) is 4. The largest absolute Gasteiger partial charge is 0.504 e. The lowest BCUT2D eigenvalue weighted by Gasteiger charge is -2.24. The van der Waals surface area contributed by atoms with E-state index >= 15 is 0 Å². The summed E-state index contributed by atoms with van der Waals surface area (Å²) in [6, 6.07) is 0. The summed E-state index contributed by atoms with van der Waals surface area (Å²) in [6.45, 7) is 2.46. The third kappa shape index (κ3) is 4.57. The van der Waals surface area contributed by atoms with Crippen LogP contribution < -0.4 is 11.8 Å². The van der Waals surface area contributed by atoms with Gasteiger partial charge in [-0.2, -0.15) is 0 Å². The highest BCUT2D eigenvalue weighted by atomic mass is 28.5. The molecular formula is C2H12N2O5Si2. The Labute approximate surface area is 66.1 Å². The van der Waals surface area contributed by atoms with Gasteiger partial charge in [-0.1, -0.05) is 0 Å². The topological polar surface area (TPSA) is 120 Å². The SMILES string of the molecule is C[Si](O)(ON)O[Si](C)(O)ON. The Balaban J connectivity index is 4.02. The Kier molecular flexibility index (Phi) is 3.76. The van der Waals surface area contributed by atoms with Crippen LogP contribution in [0, 0.1) is 0 Å². The summed E-state index contributed by atoms with van der Waals surface area (Å²) < 4.78 is 12.8. The van der Waals surface area contributed by atoms with E-state index in [-0.39, 0.29) is 0 Å². The summed E-state index contributed by atoms with van der Waals surface area (Å²) in [4.78, 5) is 18.2. The molecule has 11 heavy (non-hydrogen) atoms. The lowest BCUT2D eigenvalue weighted by Crippen LogP contribution is -2.54. The molecule has 0 aromatic heterocycles. The quantitative estimate of drug-likeness (QED) is 0.303. The second kappa shape index (κ2) is 3.70. The summed E-state index contributed by atoms with van der Waals surface area (Å²) in [5.41, 5.74) is 0.